The van der Waals surface area contributed by atoms with Crippen molar-refractivity contribution in [1.82, 2.24) is 9.97 Å². The van der Waals surface area contributed by atoms with Gasteiger partial charge >= 0.3 is 0 Å². The molecule has 4 aromatic rings. The molecule has 0 spiro atoms. The third-order valence-electron chi connectivity index (χ3n) is 5.58. The molecule has 0 bridgehead atoms. The van der Waals surface area contributed by atoms with Crippen LogP contribution in [-0.2, 0) is 4.74 Å². The molecule has 164 valence electrons. The van der Waals surface area contributed by atoms with Gasteiger partial charge in [0.1, 0.15) is 18.0 Å². The molecule has 1 saturated heterocycles. The Kier molecular flexibility index (Phi) is 5.57. The first kappa shape index (κ1) is 20.9. The van der Waals surface area contributed by atoms with Crippen LogP contribution < -0.4 is 4.74 Å². The van der Waals surface area contributed by atoms with Crippen LogP contribution in [0.4, 0.5) is 4.39 Å². The highest BCUT2D eigenvalue weighted by Gasteiger charge is 2.37. The summed E-state index contributed by atoms with van der Waals surface area (Å²) in [4.78, 5) is 7.51. The van der Waals surface area contributed by atoms with Crippen molar-refractivity contribution < 1.29 is 24.1 Å². The number of nitrogens with zero attached hydrogens (tertiary/aromatic N) is 1. The van der Waals surface area contributed by atoms with Crippen LogP contribution in [0.2, 0.25) is 5.02 Å². The number of hydrogen-bond acceptors (Lipinski definition) is 5. The molecule has 0 amide bonds. The third kappa shape index (κ3) is 3.96. The molecule has 3 atom stereocenters. The second-order valence-electron chi connectivity index (χ2n) is 7.68. The second-order valence-corrected chi connectivity index (χ2v) is 8.09. The largest absolute Gasteiger partial charge is 0.456 e. The highest BCUT2D eigenvalue weighted by atomic mass is 35.5. The van der Waals surface area contributed by atoms with Gasteiger partial charge in [-0.2, -0.15) is 4.98 Å². The first-order valence-corrected chi connectivity index (χ1v) is 10.5. The number of halogens is 2. The molecule has 1 fully saturated rings. The van der Waals surface area contributed by atoms with E-state index in [4.69, 9.17) is 21.1 Å². The minimum Gasteiger partial charge on any atom is -0.456 e. The molecule has 5 rings (SSSR count). The highest BCUT2D eigenvalue weighted by molar-refractivity contribution is 6.34. The molecule has 6 nitrogen and oxygen atoms in total. The fourth-order valence-electron chi connectivity index (χ4n) is 3.86. The monoisotopic (exact) mass is 454 g/mol. The molecule has 3 N–H and O–H groups in total. The van der Waals surface area contributed by atoms with Gasteiger partial charge in [-0.25, -0.2) is 4.39 Å². The minimum atomic E-state index is -0.941. The summed E-state index contributed by atoms with van der Waals surface area (Å²) in [6.07, 6.45) is -2.23. The molecular weight excluding hydrogens is 435 g/mol. The summed E-state index contributed by atoms with van der Waals surface area (Å²) in [5, 5.41) is 19.9. The number of H-pyrrole nitrogens is 1. The van der Waals surface area contributed by atoms with Crippen molar-refractivity contribution in [1.29, 1.82) is 0 Å². The first-order chi connectivity index (χ1) is 15.5. The van der Waals surface area contributed by atoms with Crippen LogP contribution in [0.15, 0.2) is 60.7 Å². The molecule has 1 aliphatic heterocycles. The number of aliphatic hydroxyl groups excluding tert-OH is 2. The fourth-order valence-corrected chi connectivity index (χ4v) is 4.13. The number of ether oxygens (including phenoxy) is 2. The molecule has 1 aliphatic rings. The summed E-state index contributed by atoms with van der Waals surface area (Å²) in [5.41, 5.74) is 4.74. The first-order valence-electron chi connectivity index (χ1n) is 10.1. The van der Waals surface area contributed by atoms with Crippen LogP contribution >= 0.6 is 11.6 Å². The molecule has 8 heteroatoms. The lowest BCUT2D eigenvalue weighted by molar-refractivity contribution is -0.00390. The third-order valence-corrected chi connectivity index (χ3v) is 5.89. The quantitative estimate of drug-likeness (QED) is 0.421. The van der Waals surface area contributed by atoms with Gasteiger partial charge in [0.25, 0.3) is 6.01 Å². The highest BCUT2D eigenvalue weighted by Crippen LogP contribution is 2.34. The number of hydrogen-bond donors (Lipinski definition) is 3. The zero-order valence-corrected chi connectivity index (χ0v) is 17.6. The standard InChI is InChI=1S/C24H20ClFN2O4/c25-18-10-20-19(27-24(28-20)32-22-12-31-21(11-29)23(22)30)9-17(18)14-6-4-13(5-7-14)15-2-1-3-16(26)8-15/h1-10,21-23,29-30H,11-12H2,(H,27,28)/t21-,22-,23-/m1/s1. The van der Waals surface area contributed by atoms with E-state index in [1.165, 1.54) is 12.1 Å². The number of aromatic nitrogens is 2. The summed E-state index contributed by atoms with van der Waals surface area (Å²) in [5.74, 6) is -0.278. The van der Waals surface area contributed by atoms with Crippen LogP contribution in [0.1, 0.15) is 0 Å². The van der Waals surface area contributed by atoms with Crippen LogP contribution in [0, 0.1) is 5.82 Å². The molecule has 1 aromatic heterocycles. The van der Waals surface area contributed by atoms with Crippen molar-refractivity contribution in [3.05, 3.63) is 71.5 Å². The van der Waals surface area contributed by atoms with E-state index < -0.39 is 18.3 Å². The lowest BCUT2D eigenvalue weighted by atomic mass is 10.00. The summed E-state index contributed by atoms with van der Waals surface area (Å²) in [6.45, 7) is -0.120. The van der Waals surface area contributed by atoms with Gasteiger partial charge in [0.2, 0.25) is 0 Å². The number of nitrogens with one attached hydrogen (secondary N) is 1. The molecule has 0 saturated carbocycles. The van der Waals surface area contributed by atoms with Crippen LogP contribution in [0.3, 0.4) is 0 Å². The van der Waals surface area contributed by atoms with Gasteiger partial charge in [-0.1, -0.05) is 48.0 Å². The van der Waals surface area contributed by atoms with Crippen LogP contribution in [0.5, 0.6) is 6.01 Å². The van der Waals surface area contributed by atoms with E-state index in [1.54, 1.807) is 12.1 Å². The molecular formula is C24H20ClFN2O4. The van der Waals surface area contributed by atoms with Gasteiger partial charge in [0, 0.05) is 5.56 Å². The van der Waals surface area contributed by atoms with Crippen molar-refractivity contribution >= 4 is 22.6 Å². The summed E-state index contributed by atoms with van der Waals surface area (Å²) >= 11 is 6.53. The Hall–Kier alpha value is -2.97. The predicted octanol–water partition coefficient (Wildman–Crippen LogP) is 4.19. The van der Waals surface area contributed by atoms with Crippen LogP contribution in [-0.4, -0.2) is 51.7 Å². The van der Waals surface area contributed by atoms with Gasteiger partial charge in [-0.15, -0.1) is 0 Å². The van der Waals surface area contributed by atoms with E-state index in [0.29, 0.717) is 16.1 Å². The topological polar surface area (TPSA) is 87.6 Å². The van der Waals surface area contributed by atoms with Gasteiger partial charge in [-0.05, 0) is 41.0 Å². The predicted molar refractivity (Wildman–Crippen MR) is 119 cm³/mol. The molecule has 0 unspecified atom stereocenters. The number of fused-ring (bicyclic) bond motifs is 1. The normalized spacial score (nSPS) is 20.7. The summed E-state index contributed by atoms with van der Waals surface area (Å²) in [6, 6.07) is 18.0. The number of benzene rings is 3. The van der Waals surface area contributed by atoms with E-state index in [1.807, 2.05) is 36.4 Å². The maximum Gasteiger partial charge on any atom is 0.295 e. The zero-order chi connectivity index (χ0) is 22.2. The van der Waals surface area contributed by atoms with Gasteiger partial charge < -0.3 is 24.7 Å². The van der Waals surface area contributed by atoms with Crippen molar-refractivity contribution in [2.24, 2.45) is 0 Å². The Morgan fingerprint density at radius 1 is 1.09 bits per heavy atom. The fraction of sp³-hybridized carbons (Fsp3) is 0.208. The Balaban J connectivity index is 1.41. The van der Waals surface area contributed by atoms with Gasteiger partial charge in [-0.3, -0.25) is 0 Å². The van der Waals surface area contributed by atoms with Crippen molar-refractivity contribution in [2.75, 3.05) is 13.2 Å². The maximum atomic E-state index is 13.5. The van der Waals surface area contributed by atoms with Gasteiger partial charge in [0.05, 0.1) is 29.3 Å². The Morgan fingerprint density at radius 3 is 2.59 bits per heavy atom. The Morgan fingerprint density at radius 2 is 1.88 bits per heavy atom. The van der Waals surface area contributed by atoms with E-state index in [2.05, 4.69) is 9.97 Å². The van der Waals surface area contributed by atoms with E-state index in [-0.39, 0.29) is 25.0 Å². The number of aliphatic hydroxyl groups is 2. The van der Waals surface area contributed by atoms with E-state index >= 15 is 0 Å². The number of imidazole rings is 1. The van der Waals surface area contributed by atoms with Crippen molar-refractivity contribution in [3.63, 3.8) is 0 Å². The number of rotatable bonds is 5. The van der Waals surface area contributed by atoms with Crippen LogP contribution in [0.25, 0.3) is 33.3 Å². The minimum absolute atomic E-state index is 0.160. The molecule has 0 aliphatic carbocycles. The van der Waals surface area contributed by atoms with Crippen molar-refractivity contribution in [2.45, 2.75) is 18.3 Å². The number of aromatic amines is 1. The summed E-state index contributed by atoms with van der Waals surface area (Å²) < 4.78 is 24.6. The average molecular weight is 455 g/mol. The Bertz CT molecular complexity index is 1260. The molecule has 0 radical (unpaired) electrons. The van der Waals surface area contributed by atoms with E-state index in [0.717, 1.165) is 22.3 Å². The maximum absolute atomic E-state index is 13.5. The van der Waals surface area contributed by atoms with Crippen molar-refractivity contribution in [3.8, 4) is 28.3 Å². The molecule has 2 heterocycles. The molecule has 3 aromatic carbocycles. The Labute approximate surface area is 188 Å². The average Bonchev–Trinajstić information content (AvgIpc) is 3.35. The molecule has 32 heavy (non-hydrogen) atoms. The lowest BCUT2D eigenvalue weighted by Crippen LogP contribution is -2.36. The SMILES string of the molecule is OC[C@H]1OC[C@@H](Oc2nc3cc(-c4ccc(-c5cccc(F)c5)cc4)c(Cl)cc3[nH]2)[C@@H]1O. The lowest BCUT2D eigenvalue weighted by Gasteiger charge is -2.15. The summed E-state index contributed by atoms with van der Waals surface area (Å²) in [7, 11) is 0. The zero-order valence-electron chi connectivity index (χ0n) is 16.8. The van der Waals surface area contributed by atoms with E-state index in [9.17, 15) is 14.6 Å². The smallest absolute Gasteiger partial charge is 0.295 e. The van der Waals surface area contributed by atoms with Gasteiger partial charge in [0.15, 0.2) is 6.10 Å². The second kappa shape index (κ2) is 8.52.